The number of carbonyl (C=O) groups is 2. The molecule has 1 N–H and O–H groups in total. The first-order valence-corrected chi connectivity index (χ1v) is 11.6. The molecule has 0 aromatic heterocycles. The van der Waals surface area contributed by atoms with Crippen molar-refractivity contribution in [1.29, 1.82) is 0 Å². The van der Waals surface area contributed by atoms with Crippen molar-refractivity contribution >= 4 is 17.6 Å². The molecule has 6 nitrogen and oxygen atoms in total. The number of carbonyl (C=O) groups excluding carboxylic acids is 2. The van der Waals surface area contributed by atoms with Crippen LogP contribution >= 0.6 is 0 Å². The number of rotatable bonds is 6. The molecular weight excluding hydrogens is 454 g/mol. The lowest BCUT2D eigenvalue weighted by Gasteiger charge is -2.28. The van der Waals surface area contributed by atoms with Gasteiger partial charge < -0.3 is 19.5 Å². The Labute approximate surface area is 209 Å². The summed E-state index contributed by atoms with van der Waals surface area (Å²) in [6.07, 6.45) is -1.17. The van der Waals surface area contributed by atoms with Crippen LogP contribution in [0.15, 0.2) is 97.1 Å². The number of esters is 1. The number of fused-ring (bicyclic) bond motifs is 2. The lowest BCUT2D eigenvalue weighted by atomic mass is 9.88. The summed E-state index contributed by atoms with van der Waals surface area (Å²) in [4.78, 5) is 27.3. The molecule has 4 aromatic carbocycles. The van der Waals surface area contributed by atoms with E-state index in [-0.39, 0.29) is 0 Å². The van der Waals surface area contributed by atoms with Crippen LogP contribution in [-0.2, 0) is 14.3 Å². The first kappa shape index (κ1) is 23.2. The van der Waals surface area contributed by atoms with Crippen molar-refractivity contribution in [3.63, 3.8) is 0 Å². The van der Waals surface area contributed by atoms with Crippen LogP contribution < -0.4 is 14.8 Å². The van der Waals surface area contributed by atoms with Gasteiger partial charge in [-0.05, 0) is 36.8 Å². The van der Waals surface area contributed by atoms with Crippen molar-refractivity contribution in [2.24, 2.45) is 0 Å². The van der Waals surface area contributed by atoms with Crippen LogP contribution in [-0.4, -0.2) is 19.0 Å². The highest BCUT2D eigenvalue weighted by Crippen LogP contribution is 2.45. The maximum Gasteiger partial charge on any atom is 0.319 e. The van der Waals surface area contributed by atoms with E-state index in [2.05, 4.69) is 5.32 Å². The maximum absolute atomic E-state index is 13.8. The van der Waals surface area contributed by atoms with Gasteiger partial charge in [-0.2, -0.15) is 0 Å². The Bertz CT molecular complexity index is 1370. The summed E-state index contributed by atoms with van der Waals surface area (Å²) in [7, 11) is 1.54. The van der Waals surface area contributed by atoms with E-state index in [4.69, 9.17) is 14.2 Å². The van der Waals surface area contributed by atoms with E-state index in [1.54, 1.807) is 30.3 Å². The summed E-state index contributed by atoms with van der Waals surface area (Å²) in [6, 6.07) is 29.2. The number of benzene rings is 4. The number of methoxy groups -OCH3 is 1. The Morgan fingerprint density at radius 3 is 2.08 bits per heavy atom. The molecule has 1 heterocycles. The van der Waals surface area contributed by atoms with E-state index >= 15 is 0 Å². The minimum atomic E-state index is -1.17. The van der Waals surface area contributed by atoms with Crippen LogP contribution in [0.2, 0.25) is 0 Å². The summed E-state index contributed by atoms with van der Waals surface area (Å²) in [5.41, 5.74) is 3.39. The molecule has 0 saturated carbocycles. The van der Waals surface area contributed by atoms with Crippen LogP contribution in [0, 0.1) is 6.92 Å². The number of hydrogen-bond donors (Lipinski definition) is 1. The molecule has 0 fully saturated rings. The SMILES string of the molecule is COc1ccc(C)cc1NC(=O)[C@H](OC(=O)C1c2ccccc2Oc2ccccc21)c1ccccc1. The third-order valence-electron chi connectivity index (χ3n) is 6.10. The average Bonchev–Trinajstić information content (AvgIpc) is 2.90. The lowest BCUT2D eigenvalue weighted by Crippen LogP contribution is -2.29. The van der Waals surface area contributed by atoms with Gasteiger partial charge >= 0.3 is 5.97 Å². The Morgan fingerprint density at radius 1 is 0.833 bits per heavy atom. The molecule has 0 aliphatic carbocycles. The van der Waals surface area contributed by atoms with Crippen LogP contribution in [0.1, 0.15) is 34.3 Å². The van der Waals surface area contributed by atoms with Crippen molar-refractivity contribution in [2.75, 3.05) is 12.4 Å². The predicted octanol–water partition coefficient (Wildman–Crippen LogP) is 6.16. The summed E-state index contributed by atoms with van der Waals surface area (Å²) < 4.78 is 17.4. The highest BCUT2D eigenvalue weighted by Gasteiger charge is 2.36. The molecule has 1 atom stereocenters. The van der Waals surface area contributed by atoms with Crippen LogP contribution in [0.3, 0.4) is 0 Å². The first-order valence-electron chi connectivity index (χ1n) is 11.6. The largest absolute Gasteiger partial charge is 0.495 e. The topological polar surface area (TPSA) is 73.9 Å². The van der Waals surface area contributed by atoms with Crippen molar-refractivity contribution < 1.29 is 23.8 Å². The number of amides is 1. The zero-order valence-electron chi connectivity index (χ0n) is 19.9. The summed E-state index contributed by atoms with van der Waals surface area (Å²) >= 11 is 0. The molecule has 0 saturated heterocycles. The van der Waals surface area contributed by atoms with Gasteiger partial charge in [0.05, 0.1) is 12.8 Å². The number of para-hydroxylation sites is 2. The summed E-state index contributed by atoms with van der Waals surface area (Å²) in [5.74, 6) is -0.0738. The van der Waals surface area contributed by atoms with E-state index < -0.39 is 23.9 Å². The van der Waals surface area contributed by atoms with E-state index in [1.807, 2.05) is 73.7 Å². The minimum absolute atomic E-state index is 0.480. The van der Waals surface area contributed by atoms with E-state index in [0.29, 0.717) is 39.6 Å². The fourth-order valence-electron chi connectivity index (χ4n) is 4.37. The van der Waals surface area contributed by atoms with E-state index in [9.17, 15) is 9.59 Å². The second-order valence-electron chi connectivity index (χ2n) is 8.53. The standard InChI is InChI=1S/C30H25NO5/c1-19-16-17-26(34-2)23(18-19)31-29(32)28(20-10-4-3-5-11-20)36-30(33)27-21-12-6-8-14-24(21)35-25-15-9-7-13-22(25)27/h3-18,27-28H,1-2H3,(H,31,32)/t28-/m1/s1. The van der Waals surface area contributed by atoms with Crippen LogP contribution in [0.25, 0.3) is 0 Å². The number of ether oxygens (including phenoxy) is 3. The first-order chi connectivity index (χ1) is 17.5. The van der Waals surface area contributed by atoms with Crippen LogP contribution in [0.5, 0.6) is 17.2 Å². The molecular formula is C30H25NO5. The van der Waals surface area contributed by atoms with E-state index in [1.165, 1.54) is 7.11 Å². The van der Waals surface area contributed by atoms with Crippen molar-refractivity contribution in [3.8, 4) is 17.2 Å². The van der Waals surface area contributed by atoms with Gasteiger partial charge in [0.2, 0.25) is 6.10 Å². The van der Waals surface area contributed by atoms with Crippen molar-refractivity contribution in [3.05, 3.63) is 119 Å². The van der Waals surface area contributed by atoms with Gasteiger partial charge in [0, 0.05) is 16.7 Å². The Hall–Kier alpha value is -4.58. The highest BCUT2D eigenvalue weighted by atomic mass is 16.5. The van der Waals surface area contributed by atoms with Gasteiger partial charge in [0.15, 0.2) is 0 Å². The van der Waals surface area contributed by atoms with Crippen molar-refractivity contribution in [2.45, 2.75) is 18.9 Å². The predicted molar refractivity (Wildman–Crippen MR) is 136 cm³/mol. The number of hydrogen-bond acceptors (Lipinski definition) is 5. The molecule has 1 amide bonds. The van der Waals surface area contributed by atoms with Crippen molar-refractivity contribution in [1.82, 2.24) is 0 Å². The molecule has 4 aromatic rings. The molecule has 180 valence electrons. The van der Waals surface area contributed by atoms with Gasteiger partial charge in [-0.3, -0.25) is 9.59 Å². The second kappa shape index (κ2) is 9.96. The second-order valence-corrected chi connectivity index (χ2v) is 8.53. The van der Waals surface area contributed by atoms with Gasteiger partial charge in [-0.25, -0.2) is 0 Å². The zero-order chi connectivity index (χ0) is 25.1. The number of aryl methyl sites for hydroxylation is 1. The van der Waals surface area contributed by atoms with Gasteiger partial charge in [0.25, 0.3) is 5.91 Å². The normalized spacial score (nSPS) is 12.9. The quantitative estimate of drug-likeness (QED) is 0.335. The summed E-state index contributed by atoms with van der Waals surface area (Å²) in [5, 5.41) is 2.88. The Morgan fingerprint density at radius 2 is 1.44 bits per heavy atom. The molecule has 0 spiro atoms. The lowest BCUT2D eigenvalue weighted by molar-refractivity contribution is -0.155. The average molecular weight is 480 g/mol. The summed E-state index contributed by atoms with van der Waals surface area (Å²) in [6.45, 7) is 1.92. The molecule has 0 radical (unpaired) electrons. The van der Waals surface area contributed by atoms with Crippen LogP contribution in [0.4, 0.5) is 5.69 Å². The van der Waals surface area contributed by atoms with Gasteiger partial charge in [-0.15, -0.1) is 0 Å². The van der Waals surface area contributed by atoms with E-state index in [0.717, 1.165) is 5.56 Å². The smallest absolute Gasteiger partial charge is 0.319 e. The fourth-order valence-corrected chi connectivity index (χ4v) is 4.37. The molecule has 0 bridgehead atoms. The number of nitrogens with one attached hydrogen (secondary N) is 1. The maximum atomic E-state index is 13.8. The molecule has 36 heavy (non-hydrogen) atoms. The minimum Gasteiger partial charge on any atom is -0.495 e. The third-order valence-corrected chi connectivity index (χ3v) is 6.10. The highest BCUT2D eigenvalue weighted by molar-refractivity contribution is 5.98. The monoisotopic (exact) mass is 479 g/mol. The van der Waals surface area contributed by atoms with Gasteiger partial charge in [0.1, 0.15) is 23.2 Å². The zero-order valence-corrected chi connectivity index (χ0v) is 19.9. The Balaban J connectivity index is 1.50. The molecule has 6 heteroatoms. The Kier molecular flexibility index (Phi) is 6.41. The molecule has 1 aliphatic rings. The molecule has 1 aliphatic heterocycles. The molecule has 5 rings (SSSR count). The number of anilines is 1. The fraction of sp³-hybridized carbons (Fsp3) is 0.133. The molecule has 0 unspecified atom stereocenters. The third kappa shape index (κ3) is 4.53. The van der Waals surface area contributed by atoms with Gasteiger partial charge in [-0.1, -0.05) is 72.8 Å².